The summed E-state index contributed by atoms with van der Waals surface area (Å²) in [6.07, 6.45) is 5.08. The number of likely N-dealkylation sites (tertiary alicyclic amines) is 1. The maximum absolute atomic E-state index is 13.9. The molecule has 36 heavy (non-hydrogen) atoms. The number of anilines is 1. The molecule has 5 rings (SSSR count). The zero-order valence-electron chi connectivity index (χ0n) is 20.7. The lowest BCUT2D eigenvalue weighted by molar-refractivity contribution is -0.144. The van der Waals surface area contributed by atoms with Gasteiger partial charge in [0.15, 0.2) is 0 Å². The topological polar surface area (TPSA) is 74.8 Å². The van der Waals surface area contributed by atoms with Crippen molar-refractivity contribution in [2.75, 3.05) is 31.6 Å². The van der Waals surface area contributed by atoms with Gasteiger partial charge < -0.3 is 15.0 Å². The monoisotopic (exact) mass is 514 g/mol. The summed E-state index contributed by atoms with van der Waals surface area (Å²) in [6.45, 7) is 7.19. The number of ether oxygens (including phenoxy) is 1. The summed E-state index contributed by atoms with van der Waals surface area (Å²) in [5, 5.41) is 3.39. The Hall–Kier alpha value is -2.55. The van der Waals surface area contributed by atoms with Gasteiger partial charge in [0.1, 0.15) is 5.82 Å². The highest BCUT2D eigenvalue weighted by atomic mass is 35.5. The van der Waals surface area contributed by atoms with Crippen molar-refractivity contribution >= 4 is 29.1 Å². The van der Waals surface area contributed by atoms with Crippen molar-refractivity contribution in [1.29, 1.82) is 0 Å². The van der Waals surface area contributed by atoms with Gasteiger partial charge >= 0.3 is 0 Å². The number of benzene rings is 1. The van der Waals surface area contributed by atoms with Crippen LogP contribution in [0.3, 0.4) is 0 Å². The van der Waals surface area contributed by atoms with Gasteiger partial charge in [0.05, 0.1) is 11.3 Å². The van der Waals surface area contributed by atoms with Crippen molar-refractivity contribution in [2.24, 2.45) is 5.92 Å². The summed E-state index contributed by atoms with van der Waals surface area (Å²) < 4.78 is 19.3. The number of nitrogens with zero attached hydrogens (tertiary/aromatic N) is 3. The molecule has 2 unspecified atom stereocenters. The second-order valence-electron chi connectivity index (χ2n) is 10.2. The number of halogens is 2. The molecule has 2 bridgehead atoms. The summed E-state index contributed by atoms with van der Waals surface area (Å²) in [5.41, 5.74) is 2.94. The predicted octanol–water partition coefficient (Wildman–Crippen LogP) is 4.35. The van der Waals surface area contributed by atoms with E-state index in [0.29, 0.717) is 36.4 Å². The quantitative estimate of drug-likeness (QED) is 0.642. The first-order valence-electron chi connectivity index (χ1n) is 12.6. The zero-order valence-corrected chi connectivity index (χ0v) is 21.5. The van der Waals surface area contributed by atoms with Crippen LogP contribution in [0.1, 0.15) is 52.9 Å². The van der Waals surface area contributed by atoms with E-state index in [1.54, 1.807) is 13.0 Å². The van der Waals surface area contributed by atoms with E-state index in [0.717, 1.165) is 49.9 Å². The fourth-order valence-electron chi connectivity index (χ4n) is 5.73. The van der Waals surface area contributed by atoms with Crippen molar-refractivity contribution < 1.29 is 18.7 Å². The fourth-order valence-corrected chi connectivity index (χ4v) is 5.97. The van der Waals surface area contributed by atoms with Crippen molar-refractivity contribution in [3.8, 4) is 0 Å². The Morgan fingerprint density at radius 2 is 1.81 bits per heavy atom. The van der Waals surface area contributed by atoms with Gasteiger partial charge in [-0.15, -0.1) is 0 Å². The van der Waals surface area contributed by atoms with Crippen LogP contribution in [-0.2, 0) is 16.1 Å². The number of aromatic nitrogens is 1. The lowest BCUT2D eigenvalue weighted by Gasteiger charge is -2.43. The van der Waals surface area contributed by atoms with Crippen LogP contribution in [-0.4, -0.2) is 65.0 Å². The molecule has 9 heteroatoms. The van der Waals surface area contributed by atoms with E-state index in [4.69, 9.17) is 16.3 Å². The number of nitrogens with one attached hydrogen (secondary N) is 1. The van der Waals surface area contributed by atoms with Crippen LogP contribution >= 0.6 is 11.6 Å². The Morgan fingerprint density at radius 1 is 1.11 bits per heavy atom. The number of aryl methyl sites for hydroxylation is 1. The van der Waals surface area contributed by atoms with E-state index in [2.05, 4.69) is 20.1 Å². The Bertz CT molecular complexity index is 1160. The molecule has 3 fully saturated rings. The zero-order chi connectivity index (χ0) is 25.4. The van der Waals surface area contributed by atoms with Crippen molar-refractivity contribution in [2.45, 2.75) is 58.2 Å². The molecule has 0 aliphatic carbocycles. The summed E-state index contributed by atoms with van der Waals surface area (Å²) >= 11 is 6.43. The SMILES string of the molecule is Cc1ncc(C(=O)Nc2cc(Cl)cc(CN3CC4CCC(C3)N4C(=O)C3CCOCC3)c2C)cc1F. The maximum Gasteiger partial charge on any atom is 0.257 e. The number of rotatable bonds is 5. The van der Waals surface area contributed by atoms with Gasteiger partial charge in [-0.25, -0.2) is 4.39 Å². The average molecular weight is 515 g/mol. The van der Waals surface area contributed by atoms with E-state index in [1.807, 2.05) is 13.0 Å². The minimum Gasteiger partial charge on any atom is -0.381 e. The number of pyridine rings is 1. The van der Waals surface area contributed by atoms with Gasteiger partial charge in [0.2, 0.25) is 5.91 Å². The maximum atomic E-state index is 13.9. The molecule has 1 aromatic heterocycles. The third-order valence-electron chi connectivity index (χ3n) is 7.79. The molecule has 1 aromatic carbocycles. The van der Waals surface area contributed by atoms with E-state index >= 15 is 0 Å². The number of carbonyl (C=O) groups excluding carboxylic acids is 2. The molecule has 3 aliphatic rings. The molecule has 3 aliphatic heterocycles. The van der Waals surface area contributed by atoms with Gasteiger partial charge in [-0.3, -0.25) is 19.5 Å². The summed E-state index contributed by atoms with van der Waals surface area (Å²) in [4.78, 5) is 34.5. The summed E-state index contributed by atoms with van der Waals surface area (Å²) in [5.74, 6) is -0.561. The molecule has 2 amide bonds. The molecule has 3 saturated heterocycles. The number of hydrogen-bond donors (Lipinski definition) is 1. The molecular weight excluding hydrogens is 483 g/mol. The number of hydrogen-bond acceptors (Lipinski definition) is 5. The Labute approximate surface area is 216 Å². The van der Waals surface area contributed by atoms with E-state index < -0.39 is 11.7 Å². The molecule has 0 spiro atoms. The number of carbonyl (C=O) groups is 2. The minimum absolute atomic E-state index is 0.0898. The van der Waals surface area contributed by atoms with Gasteiger partial charge in [0.25, 0.3) is 5.91 Å². The molecular formula is C27H32ClFN4O3. The molecule has 192 valence electrons. The second kappa shape index (κ2) is 10.4. The first-order valence-corrected chi connectivity index (χ1v) is 13.0. The van der Waals surface area contributed by atoms with Gasteiger partial charge in [0, 0.05) is 67.8 Å². The molecule has 2 atom stereocenters. The average Bonchev–Trinajstić information content (AvgIpc) is 3.13. The van der Waals surface area contributed by atoms with Crippen molar-refractivity contribution in [3.05, 3.63) is 57.6 Å². The fraction of sp³-hybridized carbons (Fsp3) is 0.519. The van der Waals surface area contributed by atoms with E-state index in [-0.39, 0.29) is 29.3 Å². The largest absolute Gasteiger partial charge is 0.381 e. The Balaban J connectivity index is 1.27. The molecule has 1 N–H and O–H groups in total. The Kier molecular flexibility index (Phi) is 7.28. The number of piperazine rings is 1. The molecule has 4 heterocycles. The normalized spacial score (nSPS) is 22.6. The lowest BCUT2D eigenvalue weighted by atomic mass is 9.97. The molecule has 0 radical (unpaired) electrons. The first-order chi connectivity index (χ1) is 17.3. The summed E-state index contributed by atoms with van der Waals surface area (Å²) in [7, 11) is 0. The van der Waals surface area contributed by atoms with Crippen LogP contribution in [0.5, 0.6) is 0 Å². The molecule has 2 aromatic rings. The summed E-state index contributed by atoms with van der Waals surface area (Å²) in [6, 6.07) is 5.31. The standard InChI is InChI=1S/C27H32ClFN4O3/c1-16-20(9-21(28)11-25(16)31-26(34)19-10-24(29)17(2)30-12-19)13-32-14-22-3-4-23(15-32)33(22)27(35)18-5-7-36-8-6-18/h9-12,18,22-23H,3-8,13-15H2,1-2H3,(H,31,34). The predicted molar refractivity (Wildman–Crippen MR) is 136 cm³/mol. The lowest BCUT2D eigenvalue weighted by Crippen LogP contribution is -2.57. The van der Waals surface area contributed by atoms with Crippen LogP contribution < -0.4 is 5.32 Å². The second-order valence-corrected chi connectivity index (χ2v) is 10.6. The van der Waals surface area contributed by atoms with Crippen molar-refractivity contribution in [3.63, 3.8) is 0 Å². The van der Waals surface area contributed by atoms with Crippen LogP contribution in [0.4, 0.5) is 10.1 Å². The third kappa shape index (κ3) is 5.12. The smallest absolute Gasteiger partial charge is 0.257 e. The molecule has 0 saturated carbocycles. The first kappa shape index (κ1) is 25.1. The van der Waals surface area contributed by atoms with Crippen LogP contribution in [0.25, 0.3) is 0 Å². The van der Waals surface area contributed by atoms with Gasteiger partial charge in [-0.1, -0.05) is 11.6 Å². The van der Waals surface area contributed by atoms with E-state index in [9.17, 15) is 14.0 Å². The van der Waals surface area contributed by atoms with Gasteiger partial charge in [-0.2, -0.15) is 0 Å². The third-order valence-corrected chi connectivity index (χ3v) is 8.01. The van der Waals surface area contributed by atoms with E-state index in [1.165, 1.54) is 12.3 Å². The highest BCUT2D eigenvalue weighted by Crippen LogP contribution is 2.35. The van der Waals surface area contributed by atoms with Crippen LogP contribution in [0.2, 0.25) is 5.02 Å². The molecule has 7 nitrogen and oxygen atoms in total. The number of fused-ring (bicyclic) bond motifs is 2. The van der Waals surface area contributed by atoms with Crippen LogP contribution in [0.15, 0.2) is 24.4 Å². The van der Waals surface area contributed by atoms with Gasteiger partial charge in [-0.05, 0) is 68.9 Å². The highest BCUT2D eigenvalue weighted by Gasteiger charge is 2.44. The Morgan fingerprint density at radius 3 is 2.47 bits per heavy atom. The minimum atomic E-state index is -0.518. The highest BCUT2D eigenvalue weighted by molar-refractivity contribution is 6.31. The number of amides is 2. The van der Waals surface area contributed by atoms with Crippen LogP contribution in [0, 0.1) is 25.6 Å². The van der Waals surface area contributed by atoms with Crippen molar-refractivity contribution in [1.82, 2.24) is 14.8 Å².